The monoisotopic (exact) mass is 338 g/mol. The summed E-state index contributed by atoms with van der Waals surface area (Å²) in [5.74, 6) is 0.0147. The number of fused-ring (bicyclic) bond motifs is 1. The van der Waals surface area contributed by atoms with Gasteiger partial charge in [0.15, 0.2) is 0 Å². The molecule has 2 N–H and O–H groups in total. The van der Waals surface area contributed by atoms with Crippen LogP contribution in [0.4, 0.5) is 5.69 Å². The third-order valence-electron chi connectivity index (χ3n) is 4.19. The lowest BCUT2D eigenvalue weighted by Gasteiger charge is -2.12. The van der Waals surface area contributed by atoms with Gasteiger partial charge in [0.1, 0.15) is 22.5 Å². The third-order valence-corrected chi connectivity index (χ3v) is 4.19. The fourth-order valence-corrected chi connectivity index (χ4v) is 2.67. The number of aromatic nitrogens is 3. The number of unbranched alkanes of at least 4 members (excludes halogenated alkanes) is 1. The van der Waals surface area contributed by atoms with Gasteiger partial charge < -0.3 is 10.4 Å². The summed E-state index contributed by atoms with van der Waals surface area (Å²) in [6, 6.07) is 9.31. The van der Waals surface area contributed by atoms with Crippen LogP contribution in [0.2, 0.25) is 0 Å². The van der Waals surface area contributed by atoms with Gasteiger partial charge in [-0.25, -0.2) is 0 Å². The van der Waals surface area contributed by atoms with Gasteiger partial charge in [-0.2, -0.15) is 0 Å². The maximum Gasteiger partial charge on any atom is 0.224 e. The van der Waals surface area contributed by atoms with Gasteiger partial charge in [0, 0.05) is 17.7 Å². The Balaban J connectivity index is 1.92. The average molecular weight is 338 g/mol. The van der Waals surface area contributed by atoms with Crippen molar-refractivity contribution in [3.05, 3.63) is 41.5 Å². The highest BCUT2D eigenvalue weighted by Crippen LogP contribution is 2.31. The number of carbonyl (C=O) groups is 1. The molecule has 130 valence electrons. The number of nitrogens with one attached hydrogen (secondary N) is 1. The molecule has 0 aliphatic heterocycles. The molecular weight excluding hydrogens is 316 g/mol. The van der Waals surface area contributed by atoms with E-state index >= 15 is 0 Å². The molecule has 3 rings (SSSR count). The van der Waals surface area contributed by atoms with Gasteiger partial charge in [-0.3, -0.25) is 4.79 Å². The zero-order valence-corrected chi connectivity index (χ0v) is 14.7. The van der Waals surface area contributed by atoms with E-state index < -0.39 is 0 Å². The van der Waals surface area contributed by atoms with E-state index in [1.165, 1.54) is 4.80 Å². The first-order valence-corrected chi connectivity index (χ1v) is 8.46. The molecule has 25 heavy (non-hydrogen) atoms. The number of aromatic hydroxyl groups is 1. The molecule has 3 aromatic rings. The van der Waals surface area contributed by atoms with Gasteiger partial charge in [0.05, 0.1) is 0 Å². The van der Waals surface area contributed by atoms with Crippen molar-refractivity contribution in [1.82, 2.24) is 15.0 Å². The smallest absolute Gasteiger partial charge is 0.224 e. The maximum atomic E-state index is 11.9. The van der Waals surface area contributed by atoms with Crippen molar-refractivity contribution in [2.24, 2.45) is 0 Å². The van der Waals surface area contributed by atoms with E-state index in [0.717, 1.165) is 29.4 Å². The fourth-order valence-electron chi connectivity index (χ4n) is 2.67. The van der Waals surface area contributed by atoms with E-state index in [9.17, 15) is 9.90 Å². The predicted octanol–water partition coefficient (Wildman–Crippen LogP) is 3.87. The second-order valence-corrected chi connectivity index (χ2v) is 6.24. The normalized spacial score (nSPS) is 11.0. The Morgan fingerprint density at radius 2 is 1.92 bits per heavy atom. The minimum absolute atomic E-state index is 0.0458. The summed E-state index contributed by atoms with van der Waals surface area (Å²) in [6.45, 7) is 5.80. The van der Waals surface area contributed by atoms with Crippen LogP contribution in [-0.4, -0.2) is 26.0 Å². The van der Waals surface area contributed by atoms with E-state index in [1.54, 1.807) is 19.1 Å². The van der Waals surface area contributed by atoms with Crippen LogP contribution < -0.4 is 5.32 Å². The van der Waals surface area contributed by atoms with Crippen molar-refractivity contribution in [2.45, 2.75) is 40.0 Å². The topological polar surface area (TPSA) is 80.0 Å². The molecule has 0 atom stereocenters. The molecule has 6 nitrogen and oxygen atoms in total. The average Bonchev–Trinajstić information content (AvgIpc) is 3.00. The largest absolute Gasteiger partial charge is 0.505 e. The number of hydrogen-bond donors (Lipinski definition) is 2. The van der Waals surface area contributed by atoms with Gasteiger partial charge in [-0.1, -0.05) is 19.4 Å². The Labute approximate surface area is 146 Å². The molecule has 0 unspecified atom stereocenters. The van der Waals surface area contributed by atoms with Crippen molar-refractivity contribution in [3.8, 4) is 11.4 Å². The minimum Gasteiger partial charge on any atom is -0.505 e. The highest BCUT2D eigenvalue weighted by Gasteiger charge is 2.14. The van der Waals surface area contributed by atoms with Crippen LogP contribution in [0.5, 0.6) is 5.75 Å². The summed E-state index contributed by atoms with van der Waals surface area (Å²) in [6.07, 6.45) is 2.29. The molecule has 0 aliphatic rings. The lowest BCUT2D eigenvalue weighted by Crippen LogP contribution is -2.12. The Kier molecular flexibility index (Phi) is 4.70. The number of phenols is 1. The lowest BCUT2D eigenvalue weighted by molar-refractivity contribution is -0.116. The molecule has 0 saturated carbocycles. The van der Waals surface area contributed by atoms with Gasteiger partial charge in [0.2, 0.25) is 5.91 Å². The molecule has 0 aliphatic carbocycles. The standard InChI is InChI=1S/C19H22N4O2/c1-4-5-6-18(24)20-14-9-10-17(19(25)13(14)3)23-21-15-8-7-12(2)11-16(15)22-23/h7-11,25H,4-6H2,1-3H3,(H,20,24). The van der Waals surface area contributed by atoms with Crippen LogP contribution in [0.3, 0.4) is 0 Å². The van der Waals surface area contributed by atoms with Crippen molar-refractivity contribution in [1.29, 1.82) is 0 Å². The quantitative estimate of drug-likeness (QED) is 0.740. The van der Waals surface area contributed by atoms with Crippen molar-refractivity contribution >= 4 is 22.6 Å². The lowest BCUT2D eigenvalue weighted by atomic mass is 10.1. The summed E-state index contributed by atoms with van der Waals surface area (Å²) in [4.78, 5) is 13.3. The number of rotatable bonds is 5. The second-order valence-electron chi connectivity index (χ2n) is 6.24. The molecule has 1 heterocycles. The van der Waals surface area contributed by atoms with Crippen LogP contribution in [0.25, 0.3) is 16.7 Å². The van der Waals surface area contributed by atoms with Crippen molar-refractivity contribution in [3.63, 3.8) is 0 Å². The predicted molar refractivity (Wildman–Crippen MR) is 98.2 cm³/mol. The highest BCUT2D eigenvalue weighted by atomic mass is 16.3. The molecule has 6 heteroatoms. The van der Waals surface area contributed by atoms with Crippen LogP contribution in [0, 0.1) is 13.8 Å². The first kappa shape index (κ1) is 17.0. The summed E-state index contributed by atoms with van der Waals surface area (Å²) in [5.41, 5.74) is 4.33. The number of amides is 1. The minimum atomic E-state index is -0.0458. The van der Waals surface area contributed by atoms with Crippen molar-refractivity contribution < 1.29 is 9.90 Å². The van der Waals surface area contributed by atoms with E-state index in [1.807, 2.05) is 32.0 Å². The molecule has 2 aromatic carbocycles. The van der Waals surface area contributed by atoms with E-state index in [-0.39, 0.29) is 11.7 Å². The number of carbonyl (C=O) groups excluding carboxylic acids is 1. The molecule has 0 radical (unpaired) electrons. The first-order chi connectivity index (χ1) is 12.0. The molecule has 0 spiro atoms. The Morgan fingerprint density at radius 1 is 1.16 bits per heavy atom. The van der Waals surface area contributed by atoms with Gasteiger partial charge >= 0.3 is 0 Å². The SMILES string of the molecule is CCCCC(=O)Nc1ccc(-n2nc3ccc(C)cc3n2)c(O)c1C. The van der Waals surface area contributed by atoms with E-state index in [2.05, 4.69) is 15.5 Å². The highest BCUT2D eigenvalue weighted by molar-refractivity contribution is 5.92. The zero-order valence-electron chi connectivity index (χ0n) is 14.7. The fraction of sp³-hybridized carbons (Fsp3) is 0.316. The summed E-state index contributed by atoms with van der Waals surface area (Å²) in [5, 5.41) is 22.2. The van der Waals surface area contributed by atoms with Crippen LogP contribution in [-0.2, 0) is 4.79 Å². The van der Waals surface area contributed by atoms with E-state index in [0.29, 0.717) is 23.4 Å². The van der Waals surface area contributed by atoms with Crippen LogP contribution in [0.15, 0.2) is 30.3 Å². The summed E-state index contributed by atoms with van der Waals surface area (Å²) < 4.78 is 0. The van der Waals surface area contributed by atoms with Crippen LogP contribution >= 0.6 is 0 Å². The molecular formula is C19H22N4O2. The molecule has 0 bridgehead atoms. The first-order valence-electron chi connectivity index (χ1n) is 8.46. The molecule has 0 saturated heterocycles. The van der Waals surface area contributed by atoms with E-state index in [4.69, 9.17) is 0 Å². The van der Waals surface area contributed by atoms with Gasteiger partial charge in [0.25, 0.3) is 0 Å². The molecule has 1 aromatic heterocycles. The zero-order chi connectivity index (χ0) is 18.0. The molecule has 0 fully saturated rings. The third kappa shape index (κ3) is 3.47. The molecule has 1 amide bonds. The number of aryl methyl sites for hydroxylation is 1. The second kappa shape index (κ2) is 6.93. The van der Waals surface area contributed by atoms with Gasteiger partial charge in [-0.15, -0.1) is 15.0 Å². The van der Waals surface area contributed by atoms with Gasteiger partial charge in [-0.05, 0) is 50.1 Å². The Bertz CT molecular complexity index is 931. The van der Waals surface area contributed by atoms with Crippen molar-refractivity contribution in [2.75, 3.05) is 5.32 Å². The number of anilines is 1. The Hall–Kier alpha value is -2.89. The number of hydrogen-bond acceptors (Lipinski definition) is 4. The van der Waals surface area contributed by atoms with Crippen LogP contribution in [0.1, 0.15) is 37.3 Å². The number of nitrogens with zero attached hydrogens (tertiary/aromatic N) is 3. The maximum absolute atomic E-state index is 11.9. The summed E-state index contributed by atoms with van der Waals surface area (Å²) >= 11 is 0. The Morgan fingerprint density at radius 3 is 2.68 bits per heavy atom. The number of phenolic OH excluding ortho intramolecular Hbond substituents is 1. The number of benzene rings is 2. The summed E-state index contributed by atoms with van der Waals surface area (Å²) in [7, 11) is 0.